The van der Waals surface area contributed by atoms with Crippen molar-refractivity contribution in [2.24, 2.45) is 5.92 Å². The van der Waals surface area contributed by atoms with Crippen LogP contribution in [0.4, 0.5) is 4.39 Å². The predicted octanol–water partition coefficient (Wildman–Crippen LogP) is 5.99. The van der Waals surface area contributed by atoms with Crippen LogP contribution in [-0.4, -0.2) is 0 Å². The third kappa shape index (κ3) is 3.72. The van der Waals surface area contributed by atoms with Crippen LogP contribution >= 0.6 is 0 Å². The third-order valence-corrected chi connectivity index (χ3v) is 3.70. The van der Waals surface area contributed by atoms with E-state index in [2.05, 4.69) is 52.8 Å². The van der Waals surface area contributed by atoms with Crippen molar-refractivity contribution in [2.75, 3.05) is 0 Å². The van der Waals surface area contributed by atoms with Crippen LogP contribution < -0.4 is 0 Å². The summed E-state index contributed by atoms with van der Waals surface area (Å²) in [6, 6.07) is 13.5. The fourth-order valence-electron chi connectivity index (χ4n) is 2.72. The van der Waals surface area contributed by atoms with Crippen LogP contribution in [0.1, 0.15) is 45.7 Å². The topological polar surface area (TPSA) is 0 Å². The van der Waals surface area contributed by atoms with Gasteiger partial charge in [0.05, 0.1) is 0 Å². The van der Waals surface area contributed by atoms with E-state index in [0.29, 0.717) is 11.5 Å². The summed E-state index contributed by atoms with van der Waals surface area (Å²) in [5.41, 5.74) is 4.23. The molecule has 0 aliphatic carbocycles. The lowest BCUT2D eigenvalue weighted by molar-refractivity contribution is 0.586. The maximum Gasteiger partial charge on any atom is 0.131 e. The first-order chi connectivity index (χ1) is 9.79. The summed E-state index contributed by atoms with van der Waals surface area (Å²) in [4.78, 5) is 0. The number of rotatable bonds is 3. The van der Waals surface area contributed by atoms with E-state index in [9.17, 15) is 4.39 Å². The first kappa shape index (κ1) is 15.8. The van der Waals surface area contributed by atoms with Gasteiger partial charge in [-0.1, -0.05) is 71.0 Å². The van der Waals surface area contributed by atoms with Crippen molar-refractivity contribution in [1.29, 1.82) is 0 Å². The van der Waals surface area contributed by atoms with Crippen molar-refractivity contribution >= 4 is 0 Å². The second-order valence-corrected chi connectivity index (χ2v) is 7.21. The molecule has 0 fully saturated rings. The van der Waals surface area contributed by atoms with Crippen molar-refractivity contribution in [3.05, 3.63) is 59.4 Å². The molecule has 2 aromatic rings. The Morgan fingerprint density at radius 3 is 2.19 bits per heavy atom. The monoisotopic (exact) mass is 284 g/mol. The highest BCUT2D eigenvalue weighted by Crippen LogP contribution is 2.35. The lowest BCUT2D eigenvalue weighted by Crippen LogP contribution is -2.14. The van der Waals surface area contributed by atoms with E-state index in [-0.39, 0.29) is 11.2 Å². The van der Waals surface area contributed by atoms with E-state index in [1.807, 2.05) is 12.1 Å². The summed E-state index contributed by atoms with van der Waals surface area (Å²) < 4.78 is 14.2. The van der Waals surface area contributed by atoms with Gasteiger partial charge < -0.3 is 0 Å². The fourth-order valence-corrected chi connectivity index (χ4v) is 2.72. The number of benzene rings is 2. The smallest absolute Gasteiger partial charge is 0.131 e. The summed E-state index contributed by atoms with van der Waals surface area (Å²) >= 11 is 0. The third-order valence-electron chi connectivity index (χ3n) is 3.70. The van der Waals surface area contributed by atoms with Crippen molar-refractivity contribution < 1.29 is 4.39 Å². The highest BCUT2D eigenvalue weighted by molar-refractivity contribution is 5.69. The van der Waals surface area contributed by atoms with Gasteiger partial charge in [0.1, 0.15) is 5.82 Å². The summed E-state index contributed by atoms with van der Waals surface area (Å²) in [6.07, 6.45) is 1.06. The molecule has 112 valence electrons. The van der Waals surface area contributed by atoms with Crippen LogP contribution in [0.5, 0.6) is 0 Å². The Labute approximate surface area is 128 Å². The summed E-state index contributed by atoms with van der Waals surface area (Å²) in [5, 5.41) is 0. The molecule has 0 spiro atoms. The molecule has 0 bridgehead atoms. The lowest BCUT2D eigenvalue weighted by Gasteiger charge is -2.24. The number of hydrogen-bond acceptors (Lipinski definition) is 0. The van der Waals surface area contributed by atoms with Crippen molar-refractivity contribution in [2.45, 2.75) is 46.5 Å². The zero-order chi connectivity index (χ0) is 15.6. The van der Waals surface area contributed by atoms with Crippen LogP contribution in [-0.2, 0) is 11.8 Å². The van der Waals surface area contributed by atoms with Gasteiger partial charge in [-0.05, 0) is 40.5 Å². The van der Waals surface area contributed by atoms with E-state index in [0.717, 1.165) is 12.0 Å². The maximum absolute atomic E-state index is 14.2. The Hall–Kier alpha value is -1.63. The van der Waals surface area contributed by atoms with Crippen molar-refractivity contribution in [1.82, 2.24) is 0 Å². The average molecular weight is 284 g/mol. The van der Waals surface area contributed by atoms with Gasteiger partial charge in [0, 0.05) is 5.56 Å². The molecule has 0 radical (unpaired) electrons. The maximum atomic E-state index is 14.2. The quantitative estimate of drug-likeness (QED) is 0.649. The number of halogens is 1. The molecule has 0 saturated heterocycles. The molecule has 0 aliphatic rings. The Kier molecular flexibility index (Phi) is 4.51. The molecule has 0 aliphatic heterocycles. The van der Waals surface area contributed by atoms with Gasteiger partial charge in [0.15, 0.2) is 0 Å². The normalized spacial score (nSPS) is 12.0. The Balaban J connectivity index is 2.59. The Morgan fingerprint density at radius 1 is 0.952 bits per heavy atom. The lowest BCUT2D eigenvalue weighted by atomic mass is 9.80. The van der Waals surface area contributed by atoms with E-state index in [1.54, 1.807) is 6.07 Å². The molecule has 2 aromatic carbocycles. The second kappa shape index (κ2) is 6.01. The van der Waals surface area contributed by atoms with E-state index < -0.39 is 0 Å². The molecule has 0 aromatic heterocycles. The van der Waals surface area contributed by atoms with Crippen LogP contribution in [0.15, 0.2) is 42.5 Å². The van der Waals surface area contributed by atoms with Crippen molar-refractivity contribution in [3.63, 3.8) is 0 Å². The van der Waals surface area contributed by atoms with Gasteiger partial charge in [-0.25, -0.2) is 4.39 Å². The van der Waals surface area contributed by atoms with Gasteiger partial charge in [-0.2, -0.15) is 0 Å². The summed E-state index contributed by atoms with van der Waals surface area (Å²) in [7, 11) is 0. The number of hydrogen-bond donors (Lipinski definition) is 0. The standard InChI is InChI=1S/C20H25F/c1-14(2)12-15-10-11-16(18(13-15)20(3,4)5)17-8-6-7-9-19(17)21/h6-11,13-14H,12H2,1-5H3. The molecule has 0 amide bonds. The molecule has 0 unspecified atom stereocenters. The van der Waals surface area contributed by atoms with Gasteiger partial charge in [0.25, 0.3) is 0 Å². The minimum Gasteiger partial charge on any atom is -0.206 e. The van der Waals surface area contributed by atoms with Crippen molar-refractivity contribution in [3.8, 4) is 11.1 Å². The van der Waals surface area contributed by atoms with Gasteiger partial charge in [0.2, 0.25) is 0 Å². The SMILES string of the molecule is CC(C)Cc1ccc(-c2ccccc2F)c(C(C)(C)C)c1. The highest BCUT2D eigenvalue weighted by atomic mass is 19.1. The Bertz CT molecular complexity index is 618. The molecule has 21 heavy (non-hydrogen) atoms. The average Bonchev–Trinajstić information content (AvgIpc) is 2.38. The van der Waals surface area contributed by atoms with Crippen LogP contribution in [0.2, 0.25) is 0 Å². The first-order valence-corrected chi connectivity index (χ1v) is 7.67. The van der Waals surface area contributed by atoms with Gasteiger partial charge >= 0.3 is 0 Å². The molecule has 1 heteroatoms. The van der Waals surface area contributed by atoms with E-state index in [4.69, 9.17) is 0 Å². The van der Waals surface area contributed by atoms with Gasteiger partial charge in [-0.3, -0.25) is 0 Å². The fraction of sp³-hybridized carbons (Fsp3) is 0.400. The minimum absolute atomic E-state index is 0.00932. The molecular weight excluding hydrogens is 259 g/mol. The summed E-state index contributed by atoms with van der Waals surface area (Å²) in [5.74, 6) is 0.469. The van der Waals surface area contributed by atoms with E-state index >= 15 is 0 Å². The van der Waals surface area contributed by atoms with Gasteiger partial charge in [-0.15, -0.1) is 0 Å². The molecule has 0 nitrogen and oxygen atoms in total. The zero-order valence-electron chi connectivity index (χ0n) is 13.7. The Morgan fingerprint density at radius 2 is 1.62 bits per heavy atom. The second-order valence-electron chi connectivity index (χ2n) is 7.21. The van der Waals surface area contributed by atoms with Crippen LogP contribution in [0.3, 0.4) is 0 Å². The molecule has 0 saturated carbocycles. The predicted molar refractivity (Wildman–Crippen MR) is 89.1 cm³/mol. The van der Waals surface area contributed by atoms with Crippen LogP contribution in [0, 0.1) is 11.7 Å². The molecule has 0 heterocycles. The zero-order valence-corrected chi connectivity index (χ0v) is 13.7. The molecule has 2 rings (SSSR count). The molecule has 0 N–H and O–H groups in total. The minimum atomic E-state index is -0.153. The molecular formula is C20H25F. The summed E-state index contributed by atoms with van der Waals surface area (Å²) in [6.45, 7) is 11.0. The first-order valence-electron chi connectivity index (χ1n) is 7.67. The largest absolute Gasteiger partial charge is 0.206 e. The van der Waals surface area contributed by atoms with Crippen LogP contribution in [0.25, 0.3) is 11.1 Å². The molecule has 0 atom stereocenters. The van der Waals surface area contributed by atoms with E-state index in [1.165, 1.54) is 17.2 Å². The highest BCUT2D eigenvalue weighted by Gasteiger charge is 2.20.